The second kappa shape index (κ2) is 7.17. The van der Waals surface area contributed by atoms with E-state index in [9.17, 15) is 0 Å². The van der Waals surface area contributed by atoms with Gasteiger partial charge >= 0.3 is 0 Å². The summed E-state index contributed by atoms with van der Waals surface area (Å²) < 4.78 is 0. The molecule has 1 aliphatic heterocycles. The molecule has 1 aliphatic rings. The van der Waals surface area contributed by atoms with Crippen molar-refractivity contribution < 1.29 is 0 Å². The fraction of sp³-hybridized carbons (Fsp3) is 0.667. The molecule has 1 aromatic rings. The Morgan fingerprint density at radius 2 is 1.76 bits per heavy atom. The summed E-state index contributed by atoms with van der Waals surface area (Å²) in [6.07, 6.45) is 0. The smallest absolute Gasteiger partial charge is 0.0234 e. The van der Waals surface area contributed by atoms with Gasteiger partial charge in [-0.15, -0.1) is 0 Å². The van der Waals surface area contributed by atoms with Crippen molar-refractivity contribution >= 4 is 11.8 Å². The maximum absolute atomic E-state index is 3.57. The van der Waals surface area contributed by atoms with E-state index in [1.54, 1.807) is 0 Å². The zero-order valence-corrected chi connectivity index (χ0v) is 15.0. The monoisotopic (exact) mass is 306 g/mol. The van der Waals surface area contributed by atoms with E-state index in [4.69, 9.17) is 0 Å². The van der Waals surface area contributed by atoms with Crippen molar-refractivity contribution in [1.29, 1.82) is 0 Å². The van der Waals surface area contributed by atoms with Crippen LogP contribution in [0.3, 0.4) is 0 Å². The van der Waals surface area contributed by atoms with Crippen molar-refractivity contribution in [3.05, 3.63) is 35.4 Å². The van der Waals surface area contributed by atoms with E-state index in [1.165, 1.54) is 24.2 Å². The van der Waals surface area contributed by atoms with Gasteiger partial charge in [0.2, 0.25) is 0 Å². The van der Waals surface area contributed by atoms with Gasteiger partial charge in [-0.05, 0) is 31.9 Å². The minimum absolute atomic E-state index is 0.172. The average molecular weight is 307 g/mol. The maximum Gasteiger partial charge on any atom is 0.0234 e. The molecular weight excluding hydrogens is 276 g/mol. The van der Waals surface area contributed by atoms with E-state index in [0.717, 1.165) is 23.6 Å². The topological polar surface area (TPSA) is 15.3 Å². The third-order valence-corrected chi connectivity index (χ3v) is 4.94. The molecule has 3 heteroatoms. The van der Waals surface area contributed by atoms with Crippen molar-refractivity contribution in [1.82, 2.24) is 10.2 Å². The predicted molar refractivity (Wildman–Crippen MR) is 94.8 cm³/mol. The molecule has 2 atom stereocenters. The fourth-order valence-corrected chi connectivity index (χ4v) is 4.26. The van der Waals surface area contributed by atoms with Crippen LogP contribution in [0.2, 0.25) is 0 Å². The Kier molecular flexibility index (Phi) is 5.75. The molecule has 0 radical (unpaired) electrons. The number of rotatable bonds is 4. The third kappa shape index (κ3) is 6.01. The van der Waals surface area contributed by atoms with Crippen LogP contribution in [-0.2, 0) is 13.1 Å². The van der Waals surface area contributed by atoms with E-state index in [2.05, 4.69) is 80.9 Å². The summed E-state index contributed by atoms with van der Waals surface area (Å²) in [4.78, 5) is 2.60. The summed E-state index contributed by atoms with van der Waals surface area (Å²) in [6, 6.07) is 9.04. The molecule has 2 rings (SSSR count). The molecular formula is C18H30N2S. The lowest BCUT2D eigenvalue weighted by molar-refractivity contribution is 0.263. The quantitative estimate of drug-likeness (QED) is 0.908. The largest absolute Gasteiger partial charge is 0.308 e. The first-order chi connectivity index (χ1) is 9.82. The second-order valence-corrected chi connectivity index (χ2v) is 9.26. The van der Waals surface area contributed by atoms with Gasteiger partial charge in [0.1, 0.15) is 0 Å². The lowest BCUT2D eigenvalue weighted by Crippen LogP contribution is -2.39. The summed E-state index contributed by atoms with van der Waals surface area (Å²) in [5, 5.41) is 5.07. The number of hydrogen-bond acceptors (Lipinski definition) is 3. The lowest BCUT2D eigenvalue weighted by Gasteiger charge is -2.34. The highest BCUT2D eigenvalue weighted by Crippen LogP contribution is 2.25. The minimum atomic E-state index is 0.172. The minimum Gasteiger partial charge on any atom is -0.308 e. The summed E-state index contributed by atoms with van der Waals surface area (Å²) in [5.41, 5.74) is 3.00. The molecule has 0 aliphatic carbocycles. The van der Waals surface area contributed by atoms with Crippen LogP contribution in [-0.4, -0.2) is 34.0 Å². The molecule has 21 heavy (non-hydrogen) atoms. The number of nitrogens with one attached hydrogen (secondary N) is 1. The Labute approximate surface area is 134 Å². The van der Waals surface area contributed by atoms with Crippen molar-refractivity contribution in [2.24, 2.45) is 0 Å². The van der Waals surface area contributed by atoms with E-state index < -0.39 is 0 Å². The first-order valence-electron chi connectivity index (χ1n) is 8.02. The van der Waals surface area contributed by atoms with Gasteiger partial charge in [-0.25, -0.2) is 0 Å². The number of benzene rings is 1. The van der Waals surface area contributed by atoms with Gasteiger partial charge in [0, 0.05) is 42.2 Å². The van der Waals surface area contributed by atoms with E-state index in [0.29, 0.717) is 0 Å². The summed E-state index contributed by atoms with van der Waals surface area (Å²) in [6.45, 7) is 15.8. The second-order valence-electron chi connectivity index (χ2n) is 7.37. The SMILES string of the molecule is CC1CN(Cc2cccc(CNC(C)(C)C)c2)CC(C)S1. The standard InChI is InChI=1S/C18H30N2S/c1-14-11-20(12-15(2)21-14)13-17-8-6-7-16(9-17)10-19-18(3,4)5/h6-9,14-15,19H,10-13H2,1-5H3. The van der Waals surface area contributed by atoms with Crippen LogP contribution in [0.25, 0.3) is 0 Å². The number of nitrogens with zero attached hydrogens (tertiary/aromatic N) is 1. The Hall–Kier alpha value is -0.510. The molecule has 1 aromatic carbocycles. The highest BCUT2D eigenvalue weighted by molar-refractivity contribution is 8.00. The zero-order chi connectivity index (χ0) is 15.5. The molecule has 1 fully saturated rings. The van der Waals surface area contributed by atoms with Gasteiger partial charge in [0.25, 0.3) is 0 Å². The molecule has 118 valence electrons. The van der Waals surface area contributed by atoms with Gasteiger partial charge in [0.15, 0.2) is 0 Å². The Morgan fingerprint density at radius 1 is 1.14 bits per heavy atom. The normalized spacial score (nSPS) is 24.2. The lowest BCUT2D eigenvalue weighted by atomic mass is 10.1. The van der Waals surface area contributed by atoms with Crippen LogP contribution in [0.1, 0.15) is 45.7 Å². The molecule has 1 N–H and O–H groups in total. The average Bonchev–Trinajstić information content (AvgIpc) is 2.35. The van der Waals surface area contributed by atoms with Gasteiger partial charge < -0.3 is 5.32 Å². The molecule has 1 saturated heterocycles. The van der Waals surface area contributed by atoms with Crippen molar-refractivity contribution in [3.63, 3.8) is 0 Å². The van der Waals surface area contributed by atoms with Gasteiger partial charge in [-0.3, -0.25) is 4.90 Å². The van der Waals surface area contributed by atoms with Gasteiger partial charge in [-0.1, -0.05) is 38.1 Å². The van der Waals surface area contributed by atoms with Gasteiger partial charge in [0.05, 0.1) is 0 Å². The fourth-order valence-electron chi connectivity index (χ4n) is 2.88. The van der Waals surface area contributed by atoms with Crippen molar-refractivity contribution in [2.45, 2.75) is 63.7 Å². The van der Waals surface area contributed by atoms with E-state index in [-0.39, 0.29) is 5.54 Å². The molecule has 1 heterocycles. The van der Waals surface area contributed by atoms with Crippen LogP contribution in [0.4, 0.5) is 0 Å². The van der Waals surface area contributed by atoms with Crippen LogP contribution < -0.4 is 5.32 Å². The molecule has 0 saturated carbocycles. The first-order valence-corrected chi connectivity index (χ1v) is 8.97. The Bertz CT molecular complexity index is 443. The summed E-state index contributed by atoms with van der Waals surface area (Å²) in [7, 11) is 0. The molecule has 2 nitrogen and oxygen atoms in total. The van der Waals surface area contributed by atoms with Crippen LogP contribution in [0.5, 0.6) is 0 Å². The van der Waals surface area contributed by atoms with E-state index >= 15 is 0 Å². The molecule has 0 amide bonds. The number of hydrogen-bond donors (Lipinski definition) is 1. The molecule has 2 unspecified atom stereocenters. The van der Waals surface area contributed by atoms with Crippen molar-refractivity contribution in [3.8, 4) is 0 Å². The highest BCUT2D eigenvalue weighted by atomic mass is 32.2. The first kappa shape index (κ1) is 16.9. The predicted octanol–water partition coefficient (Wildman–Crippen LogP) is 3.90. The van der Waals surface area contributed by atoms with Crippen LogP contribution in [0, 0.1) is 0 Å². The summed E-state index contributed by atoms with van der Waals surface area (Å²) in [5.74, 6) is 0. The zero-order valence-electron chi connectivity index (χ0n) is 14.1. The molecule has 0 bridgehead atoms. The van der Waals surface area contributed by atoms with Crippen LogP contribution in [0.15, 0.2) is 24.3 Å². The summed E-state index contributed by atoms with van der Waals surface area (Å²) >= 11 is 2.12. The Balaban J connectivity index is 1.94. The Morgan fingerprint density at radius 3 is 2.38 bits per heavy atom. The molecule has 0 aromatic heterocycles. The van der Waals surface area contributed by atoms with E-state index in [1.807, 2.05) is 0 Å². The van der Waals surface area contributed by atoms with Crippen molar-refractivity contribution in [2.75, 3.05) is 13.1 Å². The maximum atomic E-state index is 3.57. The van der Waals surface area contributed by atoms with Gasteiger partial charge in [-0.2, -0.15) is 11.8 Å². The number of thioether (sulfide) groups is 1. The van der Waals surface area contributed by atoms with Crippen LogP contribution >= 0.6 is 11.8 Å². The molecule has 0 spiro atoms. The highest BCUT2D eigenvalue weighted by Gasteiger charge is 2.22. The third-order valence-electron chi connectivity index (χ3n) is 3.72.